The number of hydrogen-bond acceptors (Lipinski definition) is 4. The molecule has 1 saturated carbocycles. The summed E-state index contributed by atoms with van der Waals surface area (Å²) in [6.07, 6.45) is 8.41. The summed E-state index contributed by atoms with van der Waals surface area (Å²) in [7, 11) is -1.81. The summed E-state index contributed by atoms with van der Waals surface area (Å²) < 4.78 is 33.5. The third kappa shape index (κ3) is 4.68. The maximum absolute atomic E-state index is 13.9. The Morgan fingerprint density at radius 2 is 1.69 bits per heavy atom. The third-order valence-corrected chi connectivity index (χ3v) is 9.12. The molecule has 0 aromatic heterocycles. The van der Waals surface area contributed by atoms with Crippen LogP contribution < -0.4 is 9.64 Å². The van der Waals surface area contributed by atoms with E-state index in [9.17, 15) is 8.42 Å². The molecule has 1 fully saturated rings. The second-order valence-corrected chi connectivity index (χ2v) is 11.7. The quantitative estimate of drug-likeness (QED) is 0.414. The van der Waals surface area contributed by atoms with Gasteiger partial charge in [0.05, 0.1) is 23.4 Å². The molecule has 1 aliphatic carbocycles. The number of sulfone groups is 1. The number of hydrogen-bond donors (Lipinski definition) is 0. The molecule has 32 heavy (non-hydrogen) atoms. The molecule has 2 aliphatic rings. The first kappa shape index (κ1) is 23.2. The molecule has 1 aliphatic heterocycles. The molecular weight excluding hydrogens is 418 g/mol. The Labute approximate surface area is 193 Å². The van der Waals surface area contributed by atoms with Crippen LogP contribution in [0.2, 0.25) is 0 Å². The first-order chi connectivity index (χ1) is 15.4. The molecule has 174 valence electrons. The lowest BCUT2D eigenvalue weighted by molar-refractivity contribution is 0.270. The van der Waals surface area contributed by atoms with Crippen molar-refractivity contribution in [3.63, 3.8) is 0 Å². The molecule has 2 aromatic rings. The Kier molecular flexibility index (Phi) is 6.85. The summed E-state index contributed by atoms with van der Waals surface area (Å²) in [4.78, 5) is 2.72. The molecule has 5 heteroatoms. The fourth-order valence-corrected chi connectivity index (χ4v) is 7.35. The van der Waals surface area contributed by atoms with Gasteiger partial charge < -0.3 is 9.64 Å². The third-order valence-electron chi connectivity index (χ3n) is 7.13. The monoisotopic (exact) mass is 455 g/mol. The molecule has 0 saturated heterocycles. The van der Waals surface area contributed by atoms with Gasteiger partial charge in [-0.15, -0.1) is 0 Å². The second kappa shape index (κ2) is 9.46. The normalized spacial score (nSPS) is 19.3. The zero-order chi connectivity index (χ0) is 22.8. The molecule has 0 atom stereocenters. The number of anilines is 2. The Bertz CT molecular complexity index is 1020. The van der Waals surface area contributed by atoms with E-state index in [0.29, 0.717) is 10.8 Å². The Morgan fingerprint density at radius 1 is 1.03 bits per heavy atom. The topological polar surface area (TPSA) is 46.6 Å². The van der Waals surface area contributed by atoms with Crippen molar-refractivity contribution in [3.05, 3.63) is 48.0 Å². The van der Waals surface area contributed by atoms with Gasteiger partial charge in [0.15, 0.2) is 9.84 Å². The van der Waals surface area contributed by atoms with Crippen LogP contribution in [0.15, 0.2) is 47.4 Å². The van der Waals surface area contributed by atoms with Crippen LogP contribution in [-0.2, 0) is 9.84 Å². The van der Waals surface area contributed by atoms with E-state index in [1.54, 1.807) is 7.11 Å². The van der Waals surface area contributed by atoms with Gasteiger partial charge >= 0.3 is 0 Å². The van der Waals surface area contributed by atoms with Crippen LogP contribution in [-0.4, -0.2) is 27.8 Å². The zero-order valence-electron chi connectivity index (χ0n) is 19.8. The fourth-order valence-electron chi connectivity index (χ4n) is 5.23. The number of rotatable bonds is 9. The summed E-state index contributed by atoms with van der Waals surface area (Å²) in [6, 6.07) is 14.2. The van der Waals surface area contributed by atoms with E-state index in [2.05, 4.69) is 36.9 Å². The van der Waals surface area contributed by atoms with E-state index in [-0.39, 0.29) is 11.2 Å². The number of ether oxygens (including phenoxy) is 1. The van der Waals surface area contributed by atoms with Crippen LogP contribution >= 0.6 is 0 Å². The highest BCUT2D eigenvalue weighted by Crippen LogP contribution is 2.51. The minimum Gasteiger partial charge on any atom is -0.496 e. The van der Waals surface area contributed by atoms with Crippen molar-refractivity contribution in [2.75, 3.05) is 24.3 Å². The van der Waals surface area contributed by atoms with Crippen molar-refractivity contribution in [3.8, 4) is 5.75 Å². The van der Waals surface area contributed by atoms with Gasteiger partial charge in [-0.1, -0.05) is 57.7 Å². The standard InChI is InChI=1S/C27H37NO3S/c1-4-6-15-27(16-7-5-2)19-28(22-11-9-8-10-12-22)24-17-23(21-13-14-21)25(31-3)18-26(24)32(29,30)20-27/h8-12,17-18,21H,4-7,13-16,19-20H2,1-3H3. The Balaban J connectivity index is 1.91. The zero-order valence-corrected chi connectivity index (χ0v) is 20.6. The summed E-state index contributed by atoms with van der Waals surface area (Å²) >= 11 is 0. The number of para-hydroxylation sites is 1. The Morgan fingerprint density at radius 3 is 2.25 bits per heavy atom. The molecule has 0 bridgehead atoms. The van der Waals surface area contributed by atoms with Crippen molar-refractivity contribution in [2.45, 2.75) is 76.0 Å². The molecule has 0 radical (unpaired) electrons. The van der Waals surface area contributed by atoms with Gasteiger partial charge in [0.25, 0.3) is 0 Å². The summed E-state index contributed by atoms with van der Waals surface area (Å²) in [6.45, 7) is 5.12. The van der Waals surface area contributed by atoms with Gasteiger partial charge in [0, 0.05) is 23.7 Å². The molecule has 0 N–H and O–H groups in total. The highest BCUT2D eigenvalue weighted by molar-refractivity contribution is 7.91. The van der Waals surface area contributed by atoms with Gasteiger partial charge in [-0.3, -0.25) is 0 Å². The van der Waals surface area contributed by atoms with Crippen molar-refractivity contribution < 1.29 is 13.2 Å². The molecule has 0 spiro atoms. The highest BCUT2D eigenvalue weighted by atomic mass is 32.2. The molecule has 4 nitrogen and oxygen atoms in total. The van der Waals surface area contributed by atoms with Gasteiger partial charge in [0.2, 0.25) is 0 Å². The molecule has 1 heterocycles. The molecule has 2 aromatic carbocycles. The van der Waals surface area contributed by atoms with Crippen molar-refractivity contribution in [1.82, 2.24) is 0 Å². The number of nitrogens with zero attached hydrogens (tertiary/aromatic N) is 1. The van der Waals surface area contributed by atoms with Crippen molar-refractivity contribution in [2.24, 2.45) is 5.41 Å². The highest BCUT2D eigenvalue weighted by Gasteiger charge is 2.43. The Hall–Kier alpha value is -2.01. The van der Waals surface area contributed by atoms with Crippen LogP contribution in [0.5, 0.6) is 5.75 Å². The van der Waals surface area contributed by atoms with Gasteiger partial charge in [-0.25, -0.2) is 8.42 Å². The average molecular weight is 456 g/mol. The van der Waals surface area contributed by atoms with E-state index in [1.807, 2.05) is 24.3 Å². The largest absolute Gasteiger partial charge is 0.496 e. The minimum atomic E-state index is -3.46. The maximum atomic E-state index is 13.9. The fraction of sp³-hybridized carbons (Fsp3) is 0.556. The number of methoxy groups -OCH3 is 1. The molecular formula is C27H37NO3S. The predicted molar refractivity (Wildman–Crippen MR) is 132 cm³/mol. The maximum Gasteiger partial charge on any atom is 0.181 e. The predicted octanol–water partition coefficient (Wildman–Crippen LogP) is 6.86. The summed E-state index contributed by atoms with van der Waals surface area (Å²) in [5, 5.41) is 0. The smallest absolute Gasteiger partial charge is 0.181 e. The van der Waals surface area contributed by atoms with Gasteiger partial charge in [0.1, 0.15) is 5.75 Å². The van der Waals surface area contributed by atoms with Crippen LogP contribution in [0.25, 0.3) is 0 Å². The van der Waals surface area contributed by atoms with Crippen molar-refractivity contribution in [1.29, 1.82) is 0 Å². The lowest BCUT2D eigenvalue weighted by Gasteiger charge is -2.37. The van der Waals surface area contributed by atoms with Crippen LogP contribution in [0.4, 0.5) is 11.4 Å². The van der Waals surface area contributed by atoms with Crippen molar-refractivity contribution >= 4 is 21.2 Å². The van der Waals surface area contributed by atoms with E-state index in [0.717, 1.165) is 80.6 Å². The van der Waals surface area contributed by atoms with E-state index in [1.165, 1.54) is 0 Å². The molecule has 0 unspecified atom stereocenters. The second-order valence-electron chi connectivity index (χ2n) is 9.72. The van der Waals surface area contributed by atoms with E-state index < -0.39 is 9.84 Å². The summed E-state index contributed by atoms with van der Waals surface area (Å²) in [5.41, 5.74) is 2.79. The lowest BCUT2D eigenvalue weighted by Crippen LogP contribution is -2.38. The van der Waals surface area contributed by atoms with Gasteiger partial charge in [-0.2, -0.15) is 0 Å². The van der Waals surface area contributed by atoms with E-state index in [4.69, 9.17) is 4.74 Å². The van der Waals surface area contributed by atoms with Gasteiger partial charge in [-0.05, 0) is 55.4 Å². The average Bonchev–Trinajstić information content (AvgIpc) is 3.65. The molecule has 4 rings (SSSR count). The first-order valence-electron chi connectivity index (χ1n) is 12.2. The van der Waals surface area contributed by atoms with Crippen LogP contribution in [0, 0.1) is 5.41 Å². The van der Waals surface area contributed by atoms with Crippen LogP contribution in [0.1, 0.15) is 76.7 Å². The SMILES string of the molecule is CCCCC1(CCCC)CN(c2ccccc2)c2cc(C3CC3)c(OC)cc2S(=O)(=O)C1. The lowest BCUT2D eigenvalue weighted by atomic mass is 9.79. The first-order valence-corrected chi connectivity index (χ1v) is 13.9. The summed E-state index contributed by atoms with van der Waals surface area (Å²) in [5.74, 6) is 1.41. The number of unbranched alkanes of at least 4 members (excludes halogenated alkanes) is 2. The number of benzene rings is 2. The van der Waals surface area contributed by atoms with E-state index >= 15 is 0 Å². The number of fused-ring (bicyclic) bond motifs is 1. The van der Waals surface area contributed by atoms with Crippen LogP contribution in [0.3, 0.4) is 0 Å². The minimum absolute atomic E-state index is 0.211. The molecule has 0 amide bonds.